The fraction of sp³-hybridized carbons (Fsp3) is 0.296. The van der Waals surface area contributed by atoms with Crippen LogP contribution in [0.5, 0.6) is 46.5 Å². The van der Waals surface area contributed by atoms with Crippen molar-refractivity contribution in [2.75, 3.05) is 72.6 Å². The van der Waals surface area contributed by atoms with Gasteiger partial charge < -0.3 is 84.7 Å². The number of H-pyrrole nitrogens is 3. The number of pyridine rings is 1. The van der Waals surface area contributed by atoms with Crippen molar-refractivity contribution < 1.29 is 52.3 Å². The van der Waals surface area contributed by atoms with Gasteiger partial charge in [-0.2, -0.15) is 45.1 Å². The van der Waals surface area contributed by atoms with E-state index in [2.05, 4.69) is 124 Å². The molecule has 31 nitrogen and oxygen atoms in total. The molecule has 0 atom stereocenters. The summed E-state index contributed by atoms with van der Waals surface area (Å²) in [5, 5.41) is 23.2. The predicted octanol–water partition coefficient (Wildman–Crippen LogP) is 21.4. The van der Waals surface area contributed by atoms with Crippen LogP contribution in [0.15, 0.2) is 193 Å². The minimum atomic E-state index is -0.190. The highest BCUT2D eigenvalue weighted by molar-refractivity contribution is 6.33. The highest BCUT2D eigenvalue weighted by Gasteiger charge is 2.31. The number of halogens is 1. The standard InChI is InChI=1S/C31H34N2O4.C26H28N6O3.C26H29N5O2.C25H22ClN7O2/c1-5-26(34)21-10-11-22(28(17-21)36-4)18-29-32-25-14-13-24(20-12-15-27(35-3)19(2)16-20)30(25)31(33-29)37-23-8-6-7-9-23;1-15-10-17(13-28-12-15)19-14-29-23-22(19)25(35-18-6-4-5-7-18)32-26(31-23)30-20-9-8-16(24(33)27-2)11-21(20)34-3;1-16-7-10-18(11-8-16)20-15-28-24-23(20)25(33-19-5-3-4-6-19)31-26(30-24)29-21-12-9-17(14-27)13-22(21)32-2;1-33(2)24(34)16-8-9-20(18(26)12-16)29-25-30-22-21(23(31-25)35-3)17(13-27-22)14-4-6-15(7-5-14)19-10-11-28-32-19/h10-13,15-17,23H,5-9,14,18H2,1-4H3;8-14,18H,4-7H2,1-3H3,(H,27,33)(H2,29,30,31,32);7-13,15,19H,3-6,14,27H2,1-2H3,(H2,28,29,30,31);4-9,11-13H,10H2,1-3H3,(H2,27,29,30,31). The van der Waals surface area contributed by atoms with Crippen molar-refractivity contribution >= 4 is 115 Å². The lowest BCUT2D eigenvalue weighted by Gasteiger charge is -2.18. The smallest absolute Gasteiger partial charge is 0.253 e. The molecule has 32 heteroatoms. The lowest BCUT2D eigenvalue weighted by atomic mass is 9.99. The number of allylic oxidation sites excluding steroid dienone is 1. The van der Waals surface area contributed by atoms with E-state index in [4.69, 9.17) is 85.1 Å². The maximum Gasteiger partial charge on any atom is 0.253 e. The van der Waals surface area contributed by atoms with Crippen LogP contribution in [-0.2, 0) is 19.4 Å². The van der Waals surface area contributed by atoms with Gasteiger partial charge in [0, 0.05) is 135 Å². The first kappa shape index (κ1) is 96.1. The van der Waals surface area contributed by atoms with Crippen LogP contribution in [-0.4, -0.2) is 169 Å². The summed E-state index contributed by atoms with van der Waals surface area (Å²) in [7, 11) is 13.1. The molecule has 0 bridgehead atoms. The van der Waals surface area contributed by atoms with Gasteiger partial charge >= 0.3 is 0 Å². The third-order valence-corrected chi connectivity index (χ3v) is 25.7. The third-order valence-electron chi connectivity index (χ3n) is 25.4. The zero-order valence-corrected chi connectivity index (χ0v) is 81.2. The van der Waals surface area contributed by atoms with Gasteiger partial charge in [0.15, 0.2) is 5.78 Å². The van der Waals surface area contributed by atoms with Gasteiger partial charge in [0.25, 0.3) is 11.8 Å². The minimum absolute atomic E-state index is 0.0956. The average Bonchev–Trinajstić information content (AvgIpc) is 1.62. The lowest BCUT2D eigenvalue weighted by molar-refractivity contribution is 0.0826. The molecule has 15 aromatic rings. The number of ketones is 1. The van der Waals surface area contributed by atoms with E-state index in [1.807, 2.05) is 112 Å². The molecule has 718 valence electrons. The van der Waals surface area contributed by atoms with Gasteiger partial charge in [-0.05, 0) is 215 Å². The Balaban J connectivity index is 0.000000129. The number of nitrogens with zero attached hydrogens (tertiary/aromatic N) is 12. The molecule has 3 saturated carbocycles. The summed E-state index contributed by atoms with van der Waals surface area (Å²) in [6.45, 7) is 8.47. The topological polar surface area (TPSA) is 391 Å². The SMILES string of the molecule is CCC(=O)c1ccc(Cc2nc3c(c(OC4CCCC4)n2)C(c2ccc(OC)c(C)c2)=CC3)c(OC)c1.CNC(=O)c1ccc(Nc2nc(OC3CCCC3)c3c(-c4cncc(C)c4)c[nH]c3n2)c(OC)c1.COc1cc(CN)ccc1Nc1nc(OC2CCCC2)c2c(-c3ccc(C)cc3)c[nH]c2n1.COc1nc(Nc2ccc(C(=O)N(C)C)cc2Cl)nc2[nH]cc(-c3ccc(C4=NN=CC4)cc3)c12. The second-order valence-corrected chi connectivity index (χ2v) is 35.5. The Hall–Kier alpha value is -15.6. The van der Waals surface area contributed by atoms with Crippen LogP contribution in [0, 0.1) is 20.8 Å². The highest BCUT2D eigenvalue weighted by Crippen LogP contribution is 2.45. The number of rotatable bonds is 29. The van der Waals surface area contributed by atoms with E-state index in [1.54, 1.807) is 99.3 Å². The summed E-state index contributed by atoms with van der Waals surface area (Å²) in [6.07, 6.45) is 29.6. The number of nitrogens with one attached hydrogen (secondary N) is 7. The van der Waals surface area contributed by atoms with Crippen molar-refractivity contribution in [2.45, 2.75) is 155 Å². The molecule has 0 spiro atoms. The first-order chi connectivity index (χ1) is 68.1. The maximum atomic E-state index is 12.2. The number of carbonyl (C=O) groups is 3. The Kier molecular flexibility index (Phi) is 30.1. The minimum Gasteiger partial charge on any atom is -0.496 e. The molecule has 9 N–H and O–H groups in total. The molecule has 3 fully saturated rings. The fourth-order valence-corrected chi connectivity index (χ4v) is 18.2. The molecule has 0 unspecified atom stereocenters. The van der Waals surface area contributed by atoms with Gasteiger partial charge in [0.1, 0.15) is 64.1 Å². The van der Waals surface area contributed by atoms with Crippen LogP contribution in [0.1, 0.15) is 184 Å². The molecule has 8 aromatic heterocycles. The first-order valence-corrected chi connectivity index (χ1v) is 47.5. The highest BCUT2D eigenvalue weighted by atomic mass is 35.5. The zero-order chi connectivity index (χ0) is 97.6. The Morgan fingerprint density at radius 2 is 1.00 bits per heavy atom. The van der Waals surface area contributed by atoms with Crippen LogP contribution in [0.25, 0.3) is 72.1 Å². The van der Waals surface area contributed by atoms with Crippen LogP contribution in [0.3, 0.4) is 0 Å². The second kappa shape index (κ2) is 43.8. The number of anilines is 6. The number of fused-ring (bicyclic) bond motifs is 4. The maximum absolute atomic E-state index is 12.2. The Morgan fingerprint density at radius 3 is 1.54 bits per heavy atom. The molecule has 4 aliphatic carbocycles. The number of Topliss-reactive ketones (excluding diaryl/α,β-unsaturated/α-hetero) is 1. The number of carbonyl (C=O) groups excluding carboxylic acids is 3. The van der Waals surface area contributed by atoms with Gasteiger partial charge in [-0.25, -0.2) is 4.98 Å². The molecular formula is C108H113ClN20O11. The summed E-state index contributed by atoms with van der Waals surface area (Å²) < 4.78 is 47.2. The number of ether oxygens (including phenoxy) is 8. The van der Waals surface area contributed by atoms with Crippen LogP contribution < -0.4 is 64.9 Å². The summed E-state index contributed by atoms with van der Waals surface area (Å²) in [5.41, 5.74) is 28.9. The molecule has 7 aromatic carbocycles. The van der Waals surface area contributed by atoms with E-state index >= 15 is 0 Å². The number of nitrogens with two attached hydrogens (primary N) is 1. The summed E-state index contributed by atoms with van der Waals surface area (Å²) in [5.74, 6) is 6.56. The van der Waals surface area contributed by atoms with Crippen molar-refractivity contribution in [1.82, 2.24) is 70.0 Å². The number of benzene rings is 7. The molecule has 5 aliphatic rings. The molecule has 20 rings (SSSR count). The number of hydrogen-bond donors (Lipinski definition) is 8. The van der Waals surface area contributed by atoms with Crippen molar-refractivity contribution in [1.29, 1.82) is 0 Å². The normalized spacial score (nSPS) is 13.8. The van der Waals surface area contributed by atoms with E-state index < -0.39 is 0 Å². The van der Waals surface area contributed by atoms with E-state index in [0.717, 1.165) is 187 Å². The van der Waals surface area contributed by atoms with E-state index in [-0.39, 0.29) is 35.9 Å². The summed E-state index contributed by atoms with van der Waals surface area (Å²) >= 11 is 6.42. The molecule has 2 amide bonds. The fourth-order valence-electron chi connectivity index (χ4n) is 18.0. The summed E-state index contributed by atoms with van der Waals surface area (Å²) in [4.78, 5) is 90.2. The monoisotopic (exact) mass is 1900 g/mol. The molecular weight excluding hydrogens is 1790 g/mol. The quantitative estimate of drug-likeness (QED) is 0.0202. The van der Waals surface area contributed by atoms with Crippen LogP contribution in [0.4, 0.5) is 34.9 Å². The van der Waals surface area contributed by atoms with E-state index in [0.29, 0.717) is 128 Å². The van der Waals surface area contributed by atoms with Gasteiger partial charge in [0.05, 0.1) is 90.8 Å². The van der Waals surface area contributed by atoms with Gasteiger partial charge in [0.2, 0.25) is 41.4 Å². The number of aryl methyl sites for hydroxylation is 3. The Bertz CT molecular complexity index is 7180. The van der Waals surface area contributed by atoms with Crippen molar-refractivity contribution in [3.05, 3.63) is 260 Å². The molecule has 9 heterocycles. The average molecular weight is 1900 g/mol. The van der Waals surface area contributed by atoms with Gasteiger partial charge in [-0.3, -0.25) is 19.4 Å². The number of amides is 2. The third kappa shape index (κ3) is 21.8. The Labute approximate surface area is 816 Å². The second-order valence-electron chi connectivity index (χ2n) is 35.1. The van der Waals surface area contributed by atoms with Crippen molar-refractivity contribution in [3.8, 4) is 79.9 Å². The largest absolute Gasteiger partial charge is 0.496 e. The van der Waals surface area contributed by atoms with Crippen molar-refractivity contribution in [2.24, 2.45) is 15.9 Å². The van der Waals surface area contributed by atoms with Gasteiger partial charge in [-0.15, -0.1) is 0 Å². The summed E-state index contributed by atoms with van der Waals surface area (Å²) in [6, 6.07) is 46.5. The number of methoxy groups -OCH3 is 5. The van der Waals surface area contributed by atoms with Crippen LogP contribution >= 0.6 is 11.6 Å². The predicted molar refractivity (Wildman–Crippen MR) is 548 cm³/mol. The molecule has 0 radical (unpaired) electrons. The Morgan fingerprint density at radius 1 is 0.486 bits per heavy atom. The lowest BCUT2D eigenvalue weighted by Crippen LogP contribution is -2.21. The first-order valence-electron chi connectivity index (χ1n) is 47.1. The van der Waals surface area contributed by atoms with Gasteiger partial charge in [-0.1, -0.05) is 103 Å². The number of aromatic amines is 3. The number of aromatic nitrogens is 12. The molecule has 0 saturated heterocycles. The van der Waals surface area contributed by atoms with E-state index in [1.165, 1.54) is 36.1 Å². The molecule has 1 aliphatic heterocycles. The van der Waals surface area contributed by atoms with Crippen LogP contribution in [0.2, 0.25) is 5.02 Å². The molecule has 140 heavy (non-hydrogen) atoms. The zero-order valence-electron chi connectivity index (χ0n) is 80.5. The van der Waals surface area contributed by atoms with E-state index in [9.17, 15) is 14.4 Å². The number of hydrogen-bond acceptors (Lipinski definition) is 26. The van der Waals surface area contributed by atoms with Crippen molar-refractivity contribution in [3.63, 3.8) is 0 Å².